The lowest BCUT2D eigenvalue weighted by molar-refractivity contribution is -0.155. The first kappa shape index (κ1) is 13.9. The molecule has 0 spiro atoms. The molecule has 2 rings (SSSR count). The second-order valence-corrected chi connectivity index (χ2v) is 4.79. The zero-order valence-electron chi connectivity index (χ0n) is 9.68. The number of carboxylic acids is 1. The first-order chi connectivity index (χ1) is 8.98. The molecule has 0 saturated heterocycles. The van der Waals surface area contributed by atoms with Crippen LogP contribution in [0.1, 0.15) is 11.1 Å². The minimum Gasteiger partial charge on any atom is -0.479 e. The Morgan fingerprint density at radius 2 is 1.26 bits per heavy atom. The Morgan fingerprint density at radius 3 is 1.58 bits per heavy atom. The van der Waals surface area contributed by atoms with Gasteiger partial charge in [0.2, 0.25) is 5.60 Å². The normalized spacial score (nSPS) is 11.3. The monoisotopic (exact) mass is 296 g/mol. The van der Waals surface area contributed by atoms with Crippen LogP contribution >= 0.6 is 23.2 Å². The molecule has 0 atom stereocenters. The number of hydrogen-bond acceptors (Lipinski definition) is 2. The van der Waals surface area contributed by atoms with Crippen molar-refractivity contribution in [1.29, 1.82) is 0 Å². The van der Waals surface area contributed by atoms with Gasteiger partial charge >= 0.3 is 5.97 Å². The minimum atomic E-state index is -2.28. The molecule has 0 amide bonds. The standard InChI is InChI=1S/C14H10Cl2O3/c15-11-7-3-1-5-9(11)14(19,13(17)18)10-6-2-4-8-12(10)16/h1-8,19H,(H,17,18). The van der Waals surface area contributed by atoms with Crippen molar-refractivity contribution >= 4 is 29.2 Å². The average molecular weight is 297 g/mol. The van der Waals surface area contributed by atoms with Gasteiger partial charge in [-0.05, 0) is 12.1 Å². The second kappa shape index (κ2) is 5.21. The van der Waals surface area contributed by atoms with Crippen molar-refractivity contribution in [2.24, 2.45) is 0 Å². The van der Waals surface area contributed by atoms with Crippen LogP contribution in [-0.4, -0.2) is 16.2 Å². The van der Waals surface area contributed by atoms with Crippen LogP contribution in [0.25, 0.3) is 0 Å². The van der Waals surface area contributed by atoms with E-state index >= 15 is 0 Å². The third-order valence-corrected chi connectivity index (χ3v) is 3.50. The summed E-state index contributed by atoms with van der Waals surface area (Å²) in [6, 6.07) is 12.5. The number of aliphatic carboxylic acids is 1. The van der Waals surface area contributed by atoms with E-state index in [2.05, 4.69) is 0 Å². The Balaban J connectivity index is 2.73. The van der Waals surface area contributed by atoms with Gasteiger partial charge in [0, 0.05) is 21.2 Å². The molecule has 5 heteroatoms. The van der Waals surface area contributed by atoms with Gasteiger partial charge in [-0.15, -0.1) is 0 Å². The maximum atomic E-state index is 11.6. The second-order valence-electron chi connectivity index (χ2n) is 3.98. The summed E-state index contributed by atoms with van der Waals surface area (Å²) in [7, 11) is 0. The Bertz CT molecular complexity index is 580. The fourth-order valence-corrected chi connectivity index (χ4v) is 2.43. The predicted octanol–water partition coefficient (Wildman–Crippen LogP) is 3.31. The summed E-state index contributed by atoms with van der Waals surface area (Å²) in [5, 5.41) is 20.4. The van der Waals surface area contributed by atoms with E-state index in [0.717, 1.165) is 0 Å². The summed E-state index contributed by atoms with van der Waals surface area (Å²) in [4.78, 5) is 11.6. The zero-order chi connectivity index (χ0) is 14.0. The Hall–Kier alpha value is -1.55. The number of carboxylic acid groups (broad SMARTS) is 1. The van der Waals surface area contributed by atoms with Gasteiger partial charge in [0.1, 0.15) is 0 Å². The van der Waals surface area contributed by atoms with Crippen molar-refractivity contribution in [2.45, 2.75) is 5.60 Å². The van der Waals surface area contributed by atoms with Gasteiger partial charge in [-0.2, -0.15) is 0 Å². The lowest BCUT2D eigenvalue weighted by Crippen LogP contribution is -2.37. The molecule has 0 heterocycles. The molecule has 0 saturated carbocycles. The van der Waals surface area contributed by atoms with E-state index in [9.17, 15) is 15.0 Å². The molecule has 98 valence electrons. The lowest BCUT2D eigenvalue weighted by atomic mass is 9.86. The summed E-state index contributed by atoms with van der Waals surface area (Å²) >= 11 is 12.0. The highest BCUT2D eigenvalue weighted by atomic mass is 35.5. The first-order valence-electron chi connectivity index (χ1n) is 5.43. The summed E-state index contributed by atoms with van der Waals surface area (Å²) < 4.78 is 0. The molecule has 19 heavy (non-hydrogen) atoms. The zero-order valence-corrected chi connectivity index (χ0v) is 11.2. The van der Waals surface area contributed by atoms with Crippen LogP contribution in [-0.2, 0) is 10.4 Å². The highest BCUT2D eigenvalue weighted by Gasteiger charge is 2.43. The number of rotatable bonds is 3. The van der Waals surface area contributed by atoms with E-state index in [1.807, 2.05) is 0 Å². The number of aliphatic hydroxyl groups is 1. The van der Waals surface area contributed by atoms with E-state index in [-0.39, 0.29) is 21.2 Å². The molecule has 0 aliphatic rings. The highest BCUT2D eigenvalue weighted by molar-refractivity contribution is 6.33. The van der Waals surface area contributed by atoms with Gasteiger partial charge < -0.3 is 10.2 Å². The van der Waals surface area contributed by atoms with Crippen LogP contribution in [0.4, 0.5) is 0 Å². The van der Waals surface area contributed by atoms with Crippen molar-refractivity contribution < 1.29 is 15.0 Å². The molecule has 0 radical (unpaired) electrons. The number of carbonyl (C=O) groups is 1. The maximum absolute atomic E-state index is 11.6. The largest absolute Gasteiger partial charge is 0.479 e. The summed E-state index contributed by atoms with van der Waals surface area (Å²) in [6.07, 6.45) is 0. The van der Waals surface area contributed by atoms with Gasteiger partial charge in [-0.3, -0.25) is 0 Å². The Morgan fingerprint density at radius 1 is 0.895 bits per heavy atom. The molecule has 0 unspecified atom stereocenters. The van der Waals surface area contributed by atoms with Crippen molar-refractivity contribution in [2.75, 3.05) is 0 Å². The number of hydrogen-bond donors (Lipinski definition) is 2. The molecular weight excluding hydrogens is 287 g/mol. The SMILES string of the molecule is O=C(O)C(O)(c1ccccc1Cl)c1ccccc1Cl. The summed E-state index contributed by atoms with van der Waals surface area (Å²) in [5.41, 5.74) is -2.12. The number of benzene rings is 2. The lowest BCUT2D eigenvalue weighted by Gasteiger charge is -2.26. The van der Waals surface area contributed by atoms with Gasteiger partial charge in [-0.25, -0.2) is 4.79 Å². The predicted molar refractivity (Wildman–Crippen MR) is 73.5 cm³/mol. The van der Waals surface area contributed by atoms with Crippen LogP contribution in [0, 0.1) is 0 Å². The van der Waals surface area contributed by atoms with E-state index in [1.54, 1.807) is 24.3 Å². The molecular formula is C14H10Cl2O3. The van der Waals surface area contributed by atoms with Crippen molar-refractivity contribution in [3.8, 4) is 0 Å². The first-order valence-corrected chi connectivity index (χ1v) is 6.19. The van der Waals surface area contributed by atoms with Crippen LogP contribution in [0.3, 0.4) is 0 Å². The van der Waals surface area contributed by atoms with Crippen molar-refractivity contribution in [1.82, 2.24) is 0 Å². The third kappa shape index (κ3) is 2.32. The van der Waals surface area contributed by atoms with Crippen LogP contribution in [0.5, 0.6) is 0 Å². The Kier molecular flexibility index (Phi) is 3.80. The minimum absolute atomic E-state index is 0.0808. The molecule has 0 bridgehead atoms. The third-order valence-electron chi connectivity index (χ3n) is 2.84. The molecule has 0 fully saturated rings. The van der Waals surface area contributed by atoms with E-state index < -0.39 is 11.6 Å². The van der Waals surface area contributed by atoms with E-state index in [1.165, 1.54) is 24.3 Å². The molecule has 2 aromatic rings. The van der Waals surface area contributed by atoms with Crippen molar-refractivity contribution in [3.05, 3.63) is 69.7 Å². The van der Waals surface area contributed by atoms with Crippen LogP contribution in [0.2, 0.25) is 10.0 Å². The van der Waals surface area contributed by atoms with Crippen molar-refractivity contribution in [3.63, 3.8) is 0 Å². The average Bonchev–Trinajstić information content (AvgIpc) is 2.38. The summed E-state index contributed by atoms with van der Waals surface area (Å²) in [5.74, 6) is -1.44. The molecule has 2 aromatic carbocycles. The van der Waals surface area contributed by atoms with Gasteiger partial charge in [0.25, 0.3) is 0 Å². The van der Waals surface area contributed by atoms with Crippen LogP contribution in [0.15, 0.2) is 48.5 Å². The number of halogens is 2. The topological polar surface area (TPSA) is 57.5 Å². The maximum Gasteiger partial charge on any atom is 0.345 e. The highest BCUT2D eigenvalue weighted by Crippen LogP contribution is 2.37. The fourth-order valence-electron chi connectivity index (χ4n) is 1.88. The Labute approximate surface area is 120 Å². The van der Waals surface area contributed by atoms with Gasteiger partial charge in [0.05, 0.1) is 0 Å². The molecule has 3 nitrogen and oxygen atoms in total. The molecule has 0 aliphatic heterocycles. The molecule has 0 aromatic heterocycles. The van der Waals surface area contributed by atoms with E-state index in [0.29, 0.717) is 0 Å². The van der Waals surface area contributed by atoms with Gasteiger partial charge in [0.15, 0.2) is 0 Å². The van der Waals surface area contributed by atoms with E-state index in [4.69, 9.17) is 23.2 Å². The molecule has 0 aliphatic carbocycles. The van der Waals surface area contributed by atoms with Gasteiger partial charge in [-0.1, -0.05) is 59.6 Å². The smallest absolute Gasteiger partial charge is 0.345 e. The summed E-state index contributed by atoms with van der Waals surface area (Å²) in [6.45, 7) is 0. The molecule has 2 N–H and O–H groups in total. The fraction of sp³-hybridized carbons (Fsp3) is 0.0714. The van der Waals surface area contributed by atoms with Crippen LogP contribution < -0.4 is 0 Å². The quantitative estimate of drug-likeness (QED) is 0.913.